The van der Waals surface area contributed by atoms with Crippen LogP contribution >= 0.6 is 8.25 Å². The van der Waals surface area contributed by atoms with Crippen LogP contribution in [0.15, 0.2) is 0 Å². The van der Waals surface area contributed by atoms with Crippen molar-refractivity contribution in [2.45, 2.75) is 17.7 Å². The van der Waals surface area contributed by atoms with Gasteiger partial charge in [-0.1, -0.05) is 0 Å². The third-order valence-electron chi connectivity index (χ3n) is 1.62. The molecule has 0 spiro atoms. The van der Waals surface area contributed by atoms with Crippen molar-refractivity contribution in [2.75, 3.05) is 0 Å². The van der Waals surface area contributed by atoms with Crippen molar-refractivity contribution < 1.29 is 13.6 Å². The molecule has 0 aliphatic carbocycles. The van der Waals surface area contributed by atoms with E-state index in [1.54, 1.807) is 0 Å². The Morgan fingerprint density at radius 3 is 2.08 bits per heavy atom. The molecule has 73 valence electrons. The topological polar surface area (TPSA) is 166 Å². The summed E-state index contributed by atoms with van der Waals surface area (Å²) in [6.07, 6.45) is -1.22. The Bertz CT molecular complexity index is 223. The van der Waals surface area contributed by atoms with Gasteiger partial charge in [0.25, 0.3) is 0 Å². The molecule has 2 atom stereocenters. The summed E-state index contributed by atoms with van der Waals surface area (Å²) in [6.45, 7) is 0. The van der Waals surface area contributed by atoms with Crippen molar-refractivity contribution in [3.8, 4) is 0 Å². The number of rotatable bonds is 0. The molecule has 0 amide bonds. The summed E-state index contributed by atoms with van der Waals surface area (Å²) in [5.41, 5.74) is 24.9. The molecule has 0 aromatic heterocycles. The van der Waals surface area contributed by atoms with Gasteiger partial charge in [0.1, 0.15) is 0 Å². The second-order valence-electron chi connectivity index (χ2n) is 2.62. The predicted octanol–water partition coefficient (Wildman–Crippen LogP) is -3.49. The first-order valence-corrected chi connectivity index (χ1v) is 4.30. The molecule has 1 fully saturated rings. The van der Waals surface area contributed by atoms with E-state index in [1.165, 1.54) is 0 Å². The van der Waals surface area contributed by atoms with E-state index in [1.807, 2.05) is 0 Å². The summed E-state index contributed by atoms with van der Waals surface area (Å²) in [5.74, 6) is -1.94. The molecule has 1 rings (SSSR count). The van der Waals surface area contributed by atoms with Gasteiger partial charge in [-0.15, -0.1) is 0 Å². The van der Waals surface area contributed by atoms with E-state index in [0.29, 0.717) is 0 Å². The molecule has 1 aliphatic rings. The van der Waals surface area contributed by atoms with Gasteiger partial charge in [0, 0.05) is 29.6 Å². The average Bonchev–Trinajstić information content (AvgIpc) is 1.82. The van der Waals surface area contributed by atoms with E-state index < -0.39 is 26.0 Å². The molecule has 1 radical (unpaired) electrons. The fraction of sp³-hybridized carbons (Fsp3) is 1.00. The van der Waals surface area contributed by atoms with Crippen LogP contribution in [0.3, 0.4) is 0 Å². The van der Waals surface area contributed by atoms with E-state index >= 15 is 0 Å². The fourth-order valence-electron chi connectivity index (χ4n) is 0.674. The minimum atomic E-state index is -2.80. The standard InChI is InChI=1S/C3H12N5O3P.Na/c4-1-2(5,6)3(7,8)11-12(9)10-1;/h1,12H,4-8H2;. The minimum absolute atomic E-state index is 0. The van der Waals surface area contributed by atoms with Crippen LogP contribution in [0.25, 0.3) is 0 Å². The maximum Gasteiger partial charge on any atom is 0.323 e. The summed E-state index contributed by atoms with van der Waals surface area (Å²) >= 11 is 0. The van der Waals surface area contributed by atoms with Crippen LogP contribution in [0.1, 0.15) is 0 Å². The number of nitrogens with two attached hydrogens (primary N) is 5. The molecule has 0 saturated carbocycles. The van der Waals surface area contributed by atoms with Crippen molar-refractivity contribution >= 4 is 37.8 Å². The summed E-state index contributed by atoms with van der Waals surface area (Å²) in [7, 11) is -2.80. The Morgan fingerprint density at radius 1 is 1.23 bits per heavy atom. The van der Waals surface area contributed by atoms with Crippen LogP contribution in [0.5, 0.6) is 0 Å². The Balaban J connectivity index is 0.00000144. The van der Waals surface area contributed by atoms with Gasteiger partial charge in [-0.2, -0.15) is 0 Å². The van der Waals surface area contributed by atoms with E-state index in [9.17, 15) is 4.57 Å². The van der Waals surface area contributed by atoms with Crippen molar-refractivity contribution in [2.24, 2.45) is 28.7 Å². The van der Waals surface area contributed by atoms with E-state index in [0.717, 1.165) is 0 Å². The Morgan fingerprint density at radius 2 is 1.69 bits per heavy atom. The zero-order valence-electron chi connectivity index (χ0n) is 7.19. The molecule has 0 aromatic carbocycles. The summed E-state index contributed by atoms with van der Waals surface area (Å²) in [6, 6.07) is 0. The van der Waals surface area contributed by atoms with Crippen LogP contribution in [0.4, 0.5) is 0 Å². The Kier molecular flexibility index (Phi) is 4.52. The van der Waals surface area contributed by atoms with Crippen molar-refractivity contribution in [3.63, 3.8) is 0 Å². The zero-order valence-corrected chi connectivity index (χ0v) is 10.2. The monoisotopic (exact) mass is 220 g/mol. The summed E-state index contributed by atoms with van der Waals surface area (Å²) in [5, 5.41) is 0. The van der Waals surface area contributed by atoms with Gasteiger partial charge >= 0.3 is 8.25 Å². The Labute approximate surface area is 97.7 Å². The first-order valence-electron chi connectivity index (χ1n) is 3.08. The maximum atomic E-state index is 10.8. The van der Waals surface area contributed by atoms with Crippen LogP contribution in [0.2, 0.25) is 0 Å². The van der Waals surface area contributed by atoms with Crippen molar-refractivity contribution in [3.05, 3.63) is 0 Å². The third-order valence-corrected chi connectivity index (χ3v) is 2.57. The van der Waals surface area contributed by atoms with Gasteiger partial charge in [-0.05, 0) is 0 Å². The molecule has 1 aliphatic heterocycles. The fourth-order valence-corrected chi connectivity index (χ4v) is 1.58. The SMILES string of the molecule is NC1O[PH](=O)OC(N)(N)C1(N)N.[Na]. The number of hydrogen-bond donors (Lipinski definition) is 5. The molecule has 0 bridgehead atoms. The third kappa shape index (κ3) is 2.49. The van der Waals surface area contributed by atoms with Gasteiger partial charge < -0.3 is 17.2 Å². The zero-order chi connectivity index (χ0) is 9.57. The quantitative estimate of drug-likeness (QED) is 0.159. The Hall–Kier alpha value is 0.950. The molecule has 0 aromatic rings. The summed E-state index contributed by atoms with van der Waals surface area (Å²) in [4.78, 5) is 0. The predicted molar refractivity (Wildman–Crippen MR) is 47.1 cm³/mol. The van der Waals surface area contributed by atoms with Crippen LogP contribution < -0.4 is 28.7 Å². The molecular formula is C3H12N5NaO3P. The molecule has 1 heterocycles. The second kappa shape index (κ2) is 4.21. The largest absolute Gasteiger partial charge is 0.323 e. The molecular weight excluding hydrogens is 208 g/mol. The van der Waals surface area contributed by atoms with Crippen LogP contribution in [-0.4, -0.2) is 47.3 Å². The number of hydrogen-bond acceptors (Lipinski definition) is 8. The molecule has 10 N–H and O–H groups in total. The molecule has 1 saturated heterocycles. The van der Waals surface area contributed by atoms with Crippen molar-refractivity contribution in [1.82, 2.24) is 0 Å². The second-order valence-corrected chi connectivity index (χ2v) is 3.56. The smallest absolute Gasteiger partial charge is 0.305 e. The van der Waals surface area contributed by atoms with Gasteiger partial charge in [-0.3, -0.25) is 25.1 Å². The molecule has 13 heavy (non-hydrogen) atoms. The molecule has 2 unspecified atom stereocenters. The molecule has 10 heteroatoms. The van der Waals surface area contributed by atoms with Gasteiger partial charge in [0.05, 0.1) is 0 Å². The van der Waals surface area contributed by atoms with Gasteiger partial charge in [0.2, 0.25) is 5.85 Å². The normalized spacial score (nSPS) is 36.4. The maximum absolute atomic E-state index is 10.8. The molecule has 8 nitrogen and oxygen atoms in total. The average molecular weight is 220 g/mol. The van der Waals surface area contributed by atoms with E-state index in [4.69, 9.17) is 28.7 Å². The van der Waals surface area contributed by atoms with Crippen LogP contribution in [-0.2, 0) is 13.6 Å². The van der Waals surface area contributed by atoms with Gasteiger partial charge in [0.15, 0.2) is 11.9 Å². The minimum Gasteiger partial charge on any atom is -0.305 e. The van der Waals surface area contributed by atoms with Crippen LogP contribution in [0, 0.1) is 0 Å². The van der Waals surface area contributed by atoms with E-state index in [2.05, 4.69) is 9.05 Å². The van der Waals surface area contributed by atoms with E-state index in [-0.39, 0.29) is 29.6 Å². The summed E-state index contributed by atoms with van der Waals surface area (Å²) < 4.78 is 19.8. The van der Waals surface area contributed by atoms with Gasteiger partial charge in [-0.25, -0.2) is 0 Å². The first kappa shape index (κ1) is 13.9. The van der Waals surface area contributed by atoms with Crippen molar-refractivity contribution in [1.29, 1.82) is 0 Å². The first-order chi connectivity index (χ1) is 5.27.